The first-order chi connectivity index (χ1) is 9.39. The minimum atomic E-state index is 0.182. The van der Waals surface area contributed by atoms with Gasteiger partial charge in [0, 0.05) is 31.2 Å². The first-order valence-electron chi connectivity index (χ1n) is 7.22. The van der Waals surface area contributed by atoms with E-state index in [1.807, 2.05) is 18.2 Å². The molecule has 1 aromatic carbocycles. The zero-order valence-corrected chi connectivity index (χ0v) is 13.6. The molecule has 1 heterocycles. The molecule has 1 atom stereocenters. The second-order valence-electron chi connectivity index (χ2n) is 6.55. The first-order valence-corrected chi connectivity index (χ1v) is 7.60. The monoisotopic (exact) mass is 296 g/mol. The van der Waals surface area contributed by atoms with E-state index in [0.717, 1.165) is 36.1 Å². The van der Waals surface area contributed by atoms with Crippen molar-refractivity contribution < 1.29 is 4.74 Å². The van der Waals surface area contributed by atoms with Gasteiger partial charge in [-0.05, 0) is 45.2 Å². The molecule has 1 N–H and O–H groups in total. The number of nitrogens with one attached hydrogen (secondary N) is 1. The fourth-order valence-electron chi connectivity index (χ4n) is 2.53. The molecule has 0 spiro atoms. The molecule has 2 rings (SSSR count). The molecule has 20 heavy (non-hydrogen) atoms. The smallest absolute Gasteiger partial charge is 0.121 e. The van der Waals surface area contributed by atoms with Crippen molar-refractivity contribution in [3.05, 3.63) is 23.2 Å². The molecule has 1 fully saturated rings. The summed E-state index contributed by atoms with van der Waals surface area (Å²) in [6.07, 6.45) is 1.20. The number of anilines is 1. The molecule has 1 aromatic rings. The van der Waals surface area contributed by atoms with Crippen LogP contribution in [0.2, 0.25) is 5.02 Å². The Morgan fingerprint density at radius 1 is 1.40 bits per heavy atom. The number of nitrogens with zero attached hydrogens (tertiary/aromatic N) is 1. The van der Waals surface area contributed by atoms with Crippen LogP contribution in [0.25, 0.3) is 0 Å². The van der Waals surface area contributed by atoms with Gasteiger partial charge < -0.3 is 15.0 Å². The van der Waals surface area contributed by atoms with Crippen LogP contribution in [0.15, 0.2) is 18.2 Å². The second-order valence-corrected chi connectivity index (χ2v) is 6.96. The average Bonchev–Trinajstić information content (AvgIpc) is 2.85. The lowest BCUT2D eigenvalue weighted by atomic mass is 10.1. The summed E-state index contributed by atoms with van der Waals surface area (Å²) in [6.45, 7) is 9.79. The maximum absolute atomic E-state index is 6.32. The van der Waals surface area contributed by atoms with Crippen LogP contribution >= 0.6 is 11.6 Å². The number of hydrogen-bond donors (Lipinski definition) is 1. The third kappa shape index (κ3) is 4.03. The van der Waals surface area contributed by atoms with E-state index in [9.17, 15) is 0 Å². The standard InChI is InChI=1S/C16H25ClN2O/c1-16(2,3)18-10-12-7-8-19(11-12)15-9-13(20-4)5-6-14(15)17/h5-6,9,12,18H,7-8,10-11H2,1-4H3. The summed E-state index contributed by atoms with van der Waals surface area (Å²) >= 11 is 6.32. The van der Waals surface area contributed by atoms with Gasteiger partial charge in [-0.2, -0.15) is 0 Å². The third-order valence-electron chi connectivity index (χ3n) is 3.70. The minimum Gasteiger partial charge on any atom is -0.497 e. The molecule has 1 aliphatic heterocycles. The van der Waals surface area contributed by atoms with Crippen LogP contribution in [0, 0.1) is 5.92 Å². The number of hydrogen-bond acceptors (Lipinski definition) is 3. The van der Waals surface area contributed by atoms with E-state index in [-0.39, 0.29) is 5.54 Å². The number of benzene rings is 1. The summed E-state index contributed by atoms with van der Waals surface area (Å²) in [6, 6.07) is 5.85. The minimum absolute atomic E-state index is 0.182. The quantitative estimate of drug-likeness (QED) is 0.919. The van der Waals surface area contributed by atoms with Gasteiger partial charge in [-0.3, -0.25) is 0 Å². The highest BCUT2D eigenvalue weighted by atomic mass is 35.5. The molecule has 1 aliphatic rings. The SMILES string of the molecule is COc1ccc(Cl)c(N2CCC(CNC(C)(C)C)C2)c1. The maximum atomic E-state index is 6.32. The number of rotatable bonds is 4. The van der Waals surface area contributed by atoms with Crippen LogP contribution in [-0.4, -0.2) is 32.3 Å². The Hall–Kier alpha value is -0.930. The third-order valence-corrected chi connectivity index (χ3v) is 4.02. The Bertz CT molecular complexity index is 456. The van der Waals surface area contributed by atoms with Crippen molar-refractivity contribution in [2.45, 2.75) is 32.7 Å². The molecule has 112 valence electrons. The van der Waals surface area contributed by atoms with E-state index >= 15 is 0 Å². The van der Waals surface area contributed by atoms with Crippen LogP contribution in [0.1, 0.15) is 27.2 Å². The molecule has 0 aromatic heterocycles. The summed E-state index contributed by atoms with van der Waals surface area (Å²) in [4.78, 5) is 2.36. The van der Waals surface area contributed by atoms with Crippen molar-refractivity contribution in [1.29, 1.82) is 0 Å². The number of methoxy groups -OCH3 is 1. The summed E-state index contributed by atoms with van der Waals surface area (Å²) in [5.74, 6) is 1.54. The van der Waals surface area contributed by atoms with Crippen LogP contribution in [0.5, 0.6) is 5.75 Å². The highest BCUT2D eigenvalue weighted by Gasteiger charge is 2.25. The van der Waals surface area contributed by atoms with Crippen molar-refractivity contribution in [1.82, 2.24) is 5.32 Å². The van der Waals surface area contributed by atoms with E-state index in [4.69, 9.17) is 16.3 Å². The summed E-state index contributed by atoms with van der Waals surface area (Å²) in [5.41, 5.74) is 1.27. The van der Waals surface area contributed by atoms with Crippen LogP contribution in [-0.2, 0) is 0 Å². The van der Waals surface area contributed by atoms with Gasteiger partial charge in [0.25, 0.3) is 0 Å². The predicted octanol–water partition coefficient (Wildman–Crippen LogP) is 3.56. The van der Waals surface area contributed by atoms with Gasteiger partial charge in [-0.1, -0.05) is 11.6 Å². The van der Waals surface area contributed by atoms with Gasteiger partial charge in [0.15, 0.2) is 0 Å². The maximum Gasteiger partial charge on any atom is 0.121 e. The fourth-order valence-corrected chi connectivity index (χ4v) is 2.77. The molecule has 3 nitrogen and oxygen atoms in total. The van der Waals surface area contributed by atoms with E-state index < -0.39 is 0 Å². The largest absolute Gasteiger partial charge is 0.497 e. The fraction of sp³-hybridized carbons (Fsp3) is 0.625. The van der Waals surface area contributed by atoms with Gasteiger partial charge in [0.1, 0.15) is 5.75 Å². The highest BCUT2D eigenvalue weighted by Crippen LogP contribution is 2.33. The van der Waals surface area contributed by atoms with Crippen LogP contribution in [0.4, 0.5) is 5.69 Å². The Labute approximate surface area is 127 Å². The molecule has 1 unspecified atom stereocenters. The zero-order valence-electron chi connectivity index (χ0n) is 12.9. The van der Waals surface area contributed by atoms with Crippen molar-refractivity contribution >= 4 is 17.3 Å². The Morgan fingerprint density at radius 3 is 2.80 bits per heavy atom. The second kappa shape index (κ2) is 6.23. The topological polar surface area (TPSA) is 24.5 Å². The van der Waals surface area contributed by atoms with E-state index in [1.165, 1.54) is 6.42 Å². The van der Waals surface area contributed by atoms with Crippen LogP contribution in [0.3, 0.4) is 0 Å². The van der Waals surface area contributed by atoms with Crippen molar-refractivity contribution in [2.75, 3.05) is 31.6 Å². The molecular formula is C16H25ClN2O. The summed E-state index contributed by atoms with van der Waals surface area (Å²) in [7, 11) is 1.69. The lowest BCUT2D eigenvalue weighted by molar-refractivity contribution is 0.383. The molecule has 1 saturated heterocycles. The first kappa shape index (κ1) is 15.5. The Kier molecular flexibility index (Phi) is 4.82. The van der Waals surface area contributed by atoms with Gasteiger partial charge >= 0.3 is 0 Å². The van der Waals surface area contributed by atoms with Gasteiger partial charge in [0.2, 0.25) is 0 Å². The Balaban J connectivity index is 1.99. The van der Waals surface area contributed by atoms with Gasteiger partial charge in [-0.25, -0.2) is 0 Å². The predicted molar refractivity (Wildman–Crippen MR) is 86.1 cm³/mol. The van der Waals surface area contributed by atoms with Crippen LogP contribution < -0.4 is 15.0 Å². The summed E-state index contributed by atoms with van der Waals surface area (Å²) < 4.78 is 5.29. The highest BCUT2D eigenvalue weighted by molar-refractivity contribution is 6.33. The summed E-state index contributed by atoms with van der Waals surface area (Å²) in [5, 5.41) is 4.39. The molecule has 0 amide bonds. The van der Waals surface area contributed by atoms with E-state index in [2.05, 4.69) is 31.0 Å². The molecule has 0 bridgehead atoms. The van der Waals surface area contributed by atoms with Crippen molar-refractivity contribution in [3.63, 3.8) is 0 Å². The van der Waals surface area contributed by atoms with E-state index in [1.54, 1.807) is 7.11 Å². The number of ether oxygens (including phenoxy) is 1. The Morgan fingerprint density at radius 2 is 2.15 bits per heavy atom. The molecule has 0 aliphatic carbocycles. The number of halogens is 1. The molecule has 4 heteroatoms. The van der Waals surface area contributed by atoms with E-state index in [0.29, 0.717) is 5.92 Å². The van der Waals surface area contributed by atoms with Gasteiger partial charge in [0.05, 0.1) is 17.8 Å². The lowest BCUT2D eigenvalue weighted by Gasteiger charge is -2.24. The lowest BCUT2D eigenvalue weighted by Crippen LogP contribution is -2.39. The van der Waals surface area contributed by atoms with Crippen molar-refractivity contribution in [2.24, 2.45) is 5.92 Å². The van der Waals surface area contributed by atoms with Gasteiger partial charge in [-0.15, -0.1) is 0 Å². The molecule has 0 radical (unpaired) electrons. The zero-order chi connectivity index (χ0) is 14.8. The van der Waals surface area contributed by atoms with Crippen molar-refractivity contribution in [3.8, 4) is 5.75 Å². The normalized spacial score (nSPS) is 19.4. The molecule has 0 saturated carbocycles. The molecular weight excluding hydrogens is 272 g/mol. The average molecular weight is 297 g/mol.